The molecular weight excluding hydrogens is 417 g/mol. The predicted octanol–water partition coefficient (Wildman–Crippen LogP) is 4.50. The van der Waals surface area contributed by atoms with Crippen molar-refractivity contribution in [2.75, 3.05) is 11.9 Å². The lowest BCUT2D eigenvalue weighted by Crippen LogP contribution is -2.07. The normalized spacial score (nSPS) is 10.5. The molecule has 0 saturated carbocycles. The van der Waals surface area contributed by atoms with Gasteiger partial charge in [0, 0.05) is 16.6 Å². The number of nitrogens with zero attached hydrogens (tertiary/aromatic N) is 2. The Balaban J connectivity index is 2.58. The summed E-state index contributed by atoms with van der Waals surface area (Å²) in [6, 6.07) is 8.03. The maximum atomic E-state index is 4.68. The lowest BCUT2D eigenvalue weighted by atomic mass is 10.2. The molecule has 0 radical (unpaired) electrons. The second-order valence-electron chi connectivity index (χ2n) is 4.02. The highest BCUT2D eigenvalue weighted by molar-refractivity contribution is 14.1. The van der Waals surface area contributed by atoms with Crippen LogP contribution in [0.3, 0.4) is 0 Å². The van der Waals surface area contributed by atoms with Crippen LogP contribution in [-0.4, -0.2) is 16.5 Å². The van der Waals surface area contributed by atoms with E-state index in [4.69, 9.17) is 0 Å². The van der Waals surface area contributed by atoms with Crippen molar-refractivity contribution < 1.29 is 0 Å². The first kappa shape index (κ1) is 14.7. The van der Waals surface area contributed by atoms with Crippen molar-refractivity contribution in [1.82, 2.24) is 9.97 Å². The van der Waals surface area contributed by atoms with E-state index in [1.165, 1.54) is 0 Å². The Morgan fingerprint density at radius 1 is 1.21 bits per heavy atom. The number of nitrogens with one attached hydrogen (secondary N) is 1. The molecule has 100 valence electrons. The van der Waals surface area contributed by atoms with Gasteiger partial charge < -0.3 is 5.32 Å². The van der Waals surface area contributed by atoms with Crippen molar-refractivity contribution in [1.29, 1.82) is 0 Å². The van der Waals surface area contributed by atoms with E-state index in [-0.39, 0.29) is 0 Å². The third-order valence-electron chi connectivity index (χ3n) is 2.71. The first-order valence-corrected chi connectivity index (χ1v) is 8.09. The number of halogens is 2. The van der Waals surface area contributed by atoms with Crippen molar-refractivity contribution in [3.63, 3.8) is 0 Å². The summed E-state index contributed by atoms with van der Waals surface area (Å²) in [7, 11) is 0. The van der Waals surface area contributed by atoms with Crippen molar-refractivity contribution in [3.8, 4) is 11.4 Å². The van der Waals surface area contributed by atoms with Gasteiger partial charge in [0.25, 0.3) is 0 Å². The summed E-state index contributed by atoms with van der Waals surface area (Å²) >= 11 is 5.87. The molecule has 1 aromatic heterocycles. The maximum Gasteiger partial charge on any atom is 0.162 e. The van der Waals surface area contributed by atoms with E-state index in [2.05, 4.69) is 67.7 Å². The Morgan fingerprint density at radius 3 is 2.58 bits per heavy atom. The van der Waals surface area contributed by atoms with Gasteiger partial charge in [-0.3, -0.25) is 0 Å². The number of anilines is 1. The highest BCUT2D eigenvalue weighted by Crippen LogP contribution is 2.28. The van der Waals surface area contributed by atoms with Crippen LogP contribution in [0.2, 0.25) is 0 Å². The molecule has 0 aliphatic heterocycles. The molecule has 0 spiro atoms. The molecule has 1 aromatic carbocycles. The van der Waals surface area contributed by atoms with Crippen LogP contribution in [0.4, 0.5) is 5.82 Å². The average molecular weight is 432 g/mol. The molecule has 3 nitrogen and oxygen atoms in total. The fraction of sp³-hybridized carbons (Fsp3) is 0.286. The van der Waals surface area contributed by atoms with E-state index in [0.717, 1.165) is 43.9 Å². The summed E-state index contributed by atoms with van der Waals surface area (Å²) in [5.74, 6) is 1.68. The van der Waals surface area contributed by atoms with Crippen LogP contribution < -0.4 is 5.32 Å². The highest BCUT2D eigenvalue weighted by Gasteiger charge is 2.13. The van der Waals surface area contributed by atoms with Crippen LogP contribution in [0.15, 0.2) is 28.7 Å². The number of hydrogen-bond acceptors (Lipinski definition) is 3. The molecule has 2 aromatic rings. The van der Waals surface area contributed by atoms with Gasteiger partial charge >= 0.3 is 0 Å². The summed E-state index contributed by atoms with van der Waals surface area (Å²) in [6.45, 7) is 5.04. The summed E-state index contributed by atoms with van der Waals surface area (Å²) in [5.41, 5.74) is 2.10. The minimum absolute atomic E-state index is 0.765. The summed E-state index contributed by atoms with van der Waals surface area (Å²) in [5, 5.41) is 3.31. The second-order valence-corrected chi connectivity index (χ2v) is 5.95. The third-order valence-corrected chi connectivity index (χ3v) is 4.54. The van der Waals surface area contributed by atoms with Gasteiger partial charge in [0.2, 0.25) is 0 Å². The van der Waals surface area contributed by atoms with Crippen LogP contribution in [0.5, 0.6) is 0 Å². The van der Waals surface area contributed by atoms with Gasteiger partial charge in [0.1, 0.15) is 5.82 Å². The molecule has 0 fully saturated rings. The molecule has 0 amide bonds. The standard InChI is InChI=1S/C14H15BrIN3/c1-3-11-12(16)14(17-4-2)19-13(18-11)9-7-5-6-8-10(9)15/h5-8H,3-4H2,1-2H3,(H,17,18,19). The number of rotatable bonds is 4. The first-order valence-electron chi connectivity index (χ1n) is 6.22. The van der Waals surface area contributed by atoms with Crippen molar-refractivity contribution in [2.24, 2.45) is 0 Å². The smallest absolute Gasteiger partial charge is 0.162 e. The van der Waals surface area contributed by atoms with Crippen molar-refractivity contribution in [3.05, 3.63) is 38.0 Å². The number of aryl methyl sites for hydroxylation is 1. The van der Waals surface area contributed by atoms with Crippen molar-refractivity contribution >= 4 is 44.3 Å². The zero-order valence-electron chi connectivity index (χ0n) is 10.9. The van der Waals surface area contributed by atoms with Gasteiger partial charge in [-0.1, -0.05) is 41.1 Å². The van der Waals surface area contributed by atoms with E-state index in [1.54, 1.807) is 0 Å². The Bertz CT molecular complexity index is 587. The fourth-order valence-corrected chi connectivity index (χ4v) is 3.05. The average Bonchev–Trinajstić information content (AvgIpc) is 2.42. The number of hydrogen-bond donors (Lipinski definition) is 1. The van der Waals surface area contributed by atoms with Crippen LogP contribution in [0.25, 0.3) is 11.4 Å². The Hall–Kier alpha value is -0.690. The first-order chi connectivity index (χ1) is 9.17. The molecule has 19 heavy (non-hydrogen) atoms. The molecule has 5 heteroatoms. The summed E-state index contributed by atoms with van der Waals surface area (Å²) < 4.78 is 2.12. The van der Waals surface area contributed by atoms with Gasteiger partial charge in [-0.2, -0.15) is 0 Å². The summed E-state index contributed by atoms with van der Waals surface area (Å²) in [6.07, 6.45) is 0.899. The van der Waals surface area contributed by atoms with E-state index in [0.29, 0.717) is 0 Å². The number of aromatic nitrogens is 2. The Labute approximate surface area is 135 Å². The molecule has 2 rings (SSSR count). The van der Waals surface area contributed by atoms with Gasteiger partial charge in [-0.25, -0.2) is 9.97 Å². The molecule has 1 N–H and O–H groups in total. The van der Waals surface area contributed by atoms with Crippen LogP contribution >= 0.6 is 38.5 Å². The van der Waals surface area contributed by atoms with E-state index >= 15 is 0 Å². The van der Waals surface area contributed by atoms with E-state index in [1.807, 2.05) is 24.3 Å². The second kappa shape index (κ2) is 6.65. The lowest BCUT2D eigenvalue weighted by molar-refractivity contribution is 0.982. The molecule has 0 saturated heterocycles. The highest BCUT2D eigenvalue weighted by atomic mass is 127. The molecule has 0 aliphatic carbocycles. The Kier molecular flexibility index (Phi) is 5.15. The minimum Gasteiger partial charge on any atom is -0.369 e. The van der Waals surface area contributed by atoms with Crippen molar-refractivity contribution in [2.45, 2.75) is 20.3 Å². The minimum atomic E-state index is 0.765. The zero-order valence-corrected chi connectivity index (χ0v) is 14.6. The topological polar surface area (TPSA) is 37.8 Å². The van der Waals surface area contributed by atoms with Gasteiger partial charge in [-0.05, 0) is 42.0 Å². The van der Waals surface area contributed by atoms with E-state index < -0.39 is 0 Å². The van der Waals surface area contributed by atoms with Crippen LogP contribution in [-0.2, 0) is 6.42 Å². The third kappa shape index (κ3) is 3.25. The number of benzene rings is 1. The van der Waals surface area contributed by atoms with Gasteiger partial charge in [0.15, 0.2) is 5.82 Å². The van der Waals surface area contributed by atoms with Gasteiger partial charge in [-0.15, -0.1) is 0 Å². The molecule has 1 heterocycles. The lowest BCUT2D eigenvalue weighted by Gasteiger charge is -2.12. The van der Waals surface area contributed by atoms with Crippen LogP contribution in [0.1, 0.15) is 19.5 Å². The molecule has 0 bridgehead atoms. The Morgan fingerprint density at radius 2 is 1.95 bits per heavy atom. The molecule has 0 unspecified atom stereocenters. The predicted molar refractivity (Wildman–Crippen MR) is 91.4 cm³/mol. The SMILES string of the molecule is CCNc1nc(-c2ccccc2Br)nc(CC)c1I. The van der Waals surface area contributed by atoms with Gasteiger partial charge in [0.05, 0.1) is 9.26 Å². The molecular formula is C14H15BrIN3. The van der Waals surface area contributed by atoms with E-state index in [9.17, 15) is 0 Å². The monoisotopic (exact) mass is 431 g/mol. The molecule has 0 aliphatic rings. The molecule has 0 atom stereocenters. The summed E-state index contributed by atoms with van der Waals surface area (Å²) in [4.78, 5) is 9.32. The fourth-order valence-electron chi connectivity index (χ4n) is 1.78. The van der Waals surface area contributed by atoms with Crippen LogP contribution in [0, 0.1) is 3.57 Å². The zero-order chi connectivity index (χ0) is 13.8. The largest absolute Gasteiger partial charge is 0.369 e. The quantitative estimate of drug-likeness (QED) is 0.724. The maximum absolute atomic E-state index is 4.68.